The number of carbonyl (C=O) groups excluding carboxylic acids is 1. The summed E-state index contributed by atoms with van der Waals surface area (Å²) < 4.78 is 5.90. The van der Waals surface area contributed by atoms with Gasteiger partial charge in [0.25, 0.3) is 5.91 Å². The lowest BCUT2D eigenvalue weighted by Gasteiger charge is -2.22. The van der Waals surface area contributed by atoms with Crippen LogP contribution < -0.4 is 5.32 Å². The minimum atomic E-state index is 0.0449. The SMILES string of the molecule is CC1CCC(C(Br)c2ccc3c(c2)C(=O)NCC3)O1. The van der Waals surface area contributed by atoms with Gasteiger partial charge in [0.15, 0.2) is 0 Å². The summed E-state index contributed by atoms with van der Waals surface area (Å²) in [7, 11) is 0. The van der Waals surface area contributed by atoms with Crippen LogP contribution in [0, 0.1) is 0 Å². The Morgan fingerprint density at radius 1 is 1.42 bits per heavy atom. The number of ether oxygens (including phenoxy) is 1. The van der Waals surface area contributed by atoms with Crippen LogP contribution in [0.3, 0.4) is 0 Å². The molecule has 2 heterocycles. The van der Waals surface area contributed by atoms with E-state index in [4.69, 9.17) is 4.74 Å². The van der Waals surface area contributed by atoms with E-state index in [2.05, 4.69) is 40.3 Å². The summed E-state index contributed by atoms with van der Waals surface area (Å²) in [5.74, 6) is 0.0449. The molecule has 0 spiro atoms. The molecule has 3 rings (SSSR count). The molecule has 2 aliphatic heterocycles. The fraction of sp³-hybridized carbons (Fsp3) is 0.533. The first kappa shape index (κ1) is 13.1. The molecule has 102 valence electrons. The summed E-state index contributed by atoms with van der Waals surface area (Å²) in [5.41, 5.74) is 3.10. The zero-order valence-electron chi connectivity index (χ0n) is 11.0. The molecule has 1 N–H and O–H groups in total. The predicted octanol–water partition coefficient (Wildman–Crippen LogP) is 2.98. The van der Waals surface area contributed by atoms with Gasteiger partial charge in [-0.15, -0.1) is 0 Å². The van der Waals surface area contributed by atoms with Crippen LogP contribution in [0.4, 0.5) is 0 Å². The lowest BCUT2D eigenvalue weighted by atomic mass is 9.95. The average molecular weight is 324 g/mol. The molecular weight excluding hydrogens is 306 g/mol. The highest BCUT2D eigenvalue weighted by molar-refractivity contribution is 9.09. The zero-order valence-corrected chi connectivity index (χ0v) is 12.6. The first-order chi connectivity index (χ1) is 9.15. The molecule has 0 radical (unpaired) electrons. The Kier molecular flexibility index (Phi) is 3.63. The Labute approximate surface area is 121 Å². The number of nitrogens with one attached hydrogen (secondary N) is 1. The van der Waals surface area contributed by atoms with Crippen LogP contribution in [0.15, 0.2) is 18.2 Å². The second kappa shape index (κ2) is 5.25. The van der Waals surface area contributed by atoms with E-state index in [1.807, 2.05) is 6.07 Å². The third-order valence-electron chi connectivity index (χ3n) is 3.97. The van der Waals surface area contributed by atoms with Gasteiger partial charge >= 0.3 is 0 Å². The first-order valence-electron chi connectivity index (χ1n) is 6.85. The van der Waals surface area contributed by atoms with Gasteiger partial charge in [0.2, 0.25) is 0 Å². The van der Waals surface area contributed by atoms with E-state index >= 15 is 0 Å². The van der Waals surface area contributed by atoms with E-state index in [1.165, 1.54) is 0 Å². The van der Waals surface area contributed by atoms with Crippen molar-refractivity contribution in [3.63, 3.8) is 0 Å². The number of fused-ring (bicyclic) bond motifs is 1. The van der Waals surface area contributed by atoms with E-state index in [9.17, 15) is 4.79 Å². The summed E-state index contributed by atoms with van der Waals surface area (Å²) in [6.45, 7) is 2.85. The number of hydrogen-bond donors (Lipinski definition) is 1. The number of halogens is 1. The monoisotopic (exact) mass is 323 g/mol. The number of rotatable bonds is 2. The van der Waals surface area contributed by atoms with Crippen molar-refractivity contribution in [3.8, 4) is 0 Å². The van der Waals surface area contributed by atoms with Crippen LogP contribution in [-0.2, 0) is 11.2 Å². The Balaban J connectivity index is 1.85. The highest BCUT2D eigenvalue weighted by atomic mass is 79.9. The lowest BCUT2D eigenvalue weighted by molar-refractivity contribution is 0.0556. The van der Waals surface area contributed by atoms with Crippen LogP contribution in [0.2, 0.25) is 0 Å². The summed E-state index contributed by atoms with van der Waals surface area (Å²) in [4.78, 5) is 12.0. The van der Waals surface area contributed by atoms with Crippen molar-refractivity contribution in [2.24, 2.45) is 0 Å². The van der Waals surface area contributed by atoms with Crippen LogP contribution in [0.5, 0.6) is 0 Å². The van der Waals surface area contributed by atoms with Gasteiger partial charge in [0.05, 0.1) is 17.0 Å². The van der Waals surface area contributed by atoms with Gasteiger partial charge in [-0.05, 0) is 43.4 Å². The summed E-state index contributed by atoms with van der Waals surface area (Å²) >= 11 is 3.73. The van der Waals surface area contributed by atoms with Crippen LogP contribution in [0.1, 0.15) is 46.1 Å². The largest absolute Gasteiger partial charge is 0.374 e. The van der Waals surface area contributed by atoms with Crippen molar-refractivity contribution in [3.05, 3.63) is 34.9 Å². The maximum Gasteiger partial charge on any atom is 0.251 e. The molecule has 3 nitrogen and oxygen atoms in total. The van der Waals surface area contributed by atoms with Gasteiger partial charge in [-0.25, -0.2) is 0 Å². The van der Waals surface area contributed by atoms with Crippen LogP contribution >= 0.6 is 15.9 Å². The van der Waals surface area contributed by atoms with Crippen molar-refractivity contribution in [2.45, 2.75) is 43.2 Å². The van der Waals surface area contributed by atoms with Gasteiger partial charge in [-0.1, -0.05) is 28.1 Å². The van der Waals surface area contributed by atoms with Gasteiger partial charge < -0.3 is 10.1 Å². The molecular formula is C15H18BrNO2. The van der Waals surface area contributed by atoms with E-state index in [0.717, 1.165) is 42.5 Å². The highest BCUT2D eigenvalue weighted by Crippen LogP contribution is 2.36. The molecule has 1 fully saturated rings. The summed E-state index contributed by atoms with van der Waals surface area (Å²) in [5, 5.41) is 2.90. The maximum absolute atomic E-state index is 11.9. The average Bonchev–Trinajstić information content (AvgIpc) is 2.85. The highest BCUT2D eigenvalue weighted by Gasteiger charge is 2.30. The number of carbonyl (C=O) groups is 1. The molecule has 0 saturated carbocycles. The molecule has 0 bridgehead atoms. The summed E-state index contributed by atoms with van der Waals surface area (Å²) in [6.07, 6.45) is 3.65. The smallest absolute Gasteiger partial charge is 0.251 e. The molecule has 1 aromatic carbocycles. The predicted molar refractivity (Wildman–Crippen MR) is 77.7 cm³/mol. The van der Waals surface area contributed by atoms with Crippen molar-refractivity contribution in [2.75, 3.05) is 6.54 Å². The normalized spacial score (nSPS) is 27.8. The molecule has 1 amide bonds. The fourth-order valence-electron chi connectivity index (χ4n) is 2.86. The number of amides is 1. The Bertz CT molecular complexity index is 503. The molecule has 3 unspecified atom stereocenters. The van der Waals surface area contributed by atoms with Crippen molar-refractivity contribution < 1.29 is 9.53 Å². The molecule has 0 aliphatic carbocycles. The van der Waals surface area contributed by atoms with E-state index in [1.54, 1.807) is 0 Å². The Hall–Kier alpha value is -0.870. The fourth-order valence-corrected chi connectivity index (χ4v) is 3.54. The third-order valence-corrected chi connectivity index (χ3v) is 5.09. The van der Waals surface area contributed by atoms with Crippen LogP contribution in [0.25, 0.3) is 0 Å². The number of alkyl halides is 1. The molecule has 1 aromatic rings. The Morgan fingerprint density at radius 3 is 3.00 bits per heavy atom. The van der Waals surface area contributed by atoms with Crippen molar-refractivity contribution >= 4 is 21.8 Å². The molecule has 0 aromatic heterocycles. The molecule has 2 aliphatic rings. The lowest BCUT2D eigenvalue weighted by Crippen LogP contribution is -2.32. The molecule has 3 atom stereocenters. The number of benzene rings is 1. The molecule has 1 saturated heterocycles. The van der Waals surface area contributed by atoms with Crippen LogP contribution in [-0.4, -0.2) is 24.7 Å². The Morgan fingerprint density at radius 2 is 2.26 bits per heavy atom. The van der Waals surface area contributed by atoms with Gasteiger partial charge in [-0.2, -0.15) is 0 Å². The zero-order chi connectivity index (χ0) is 13.4. The minimum Gasteiger partial charge on any atom is -0.374 e. The second-order valence-corrected chi connectivity index (χ2v) is 6.37. The van der Waals surface area contributed by atoms with Gasteiger partial charge in [0, 0.05) is 12.1 Å². The molecule has 4 heteroatoms. The van der Waals surface area contributed by atoms with Crippen molar-refractivity contribution in [1.29, 1.82) is 0 Å². The maximum atomic E-state index is 11.9. The van der Waals surface area contributed by atoms with Gasteiger partial charge in [-0.3, -0.25) is 4.79 Å². The third kappa shape index (κ3) is 2.56. The van der Waals surface area contributed by atoms with E-state index in [-0.39, 0.29) is 16.8 Å². The van der Waals surface area contributed by atoms with E-state index in [0.29, 0.717) is 6.10 Å². The van der Waals surface area contributed by atoms with Gasteiger partial charge in [0.1, 0.15) is 0 Å². The summed E-state index contributed by atoms with van der Waals surface area (Å²) in [6, 6.07) is 6.20. The standard InChI is InChI=1S/C15H18BrNO2/c1-9-2-5-13(19-9)14(16)11-4-3-10-6-7-17-15(18)12(10)8-11/h3-4,8-9,13-14H,2,5-7H2,1H3,(H,17,18). The van der Waals surface area contributed by atoms with E-state index < -0.39 is 0 Å². The molecule has 19 heavy (non-hydrogen) atoms. The first-order valence-corrected chi connectivity index (χ1v) is 7.77. The second-order valence-electron chi connectivity index (χ2n) is 5.39. The minimum absolute atomic E-state index is 0.0449. The quantitative estimate of drug-likeness (QED) is 0.850. The number of hydrogen-bond acceptors (Lipinski definition) is 2. The van der Waals surface area contributed by atoms with Crippen molar-refractivity contribution in [1.82, 2.24) is 5.32 Å². The topological polar surface area (TPSA) is 38.3 Å².